The molecule has 0 saturated heterocycles. The number of benzene rings is 1. The van der Waals surface area contributed by atoms with Crippen LogP contribution in [0.2, 0.25) is 0 Å². The summed E-state index contributed by atoms with van der Waals surface area (Å²) < 4.78 is 31.2. The van der Waals surface area contributed by atoms with Crippen LogP contribution in [-0.4, -0.2) is 22.7 Å². The molecule has 3 nitrogen and oxygen atoms in total. The highest BCUT2D eigenvalue weighted by Crippen LogP contribution is 2.25. The maximum absolute atomic E-state index is 11.1. The van der Waals surface area contributed by atoms with Crippen LogP contribution in [0.5, 0.6) is 0 Å². The van der Waals surface area contributed by atoms with E-state index in [0.717, 1.165) is 5.56 Å². The van der Waals surface area contributed by atoms with Gasteiger partial charge in [-0.1, -0.05) is 48.7 Å². The first-order chi connectivity index (χ1) is 7.41. The molecule has 0 spiro atoms. The zero-order valence-corrected chi connectivity index (χ0v) is 10.3. The second kappa shape index (κ2) is 3.81. The lowest BCUT2D eigenvalue weighted by Gasteiger charge is -2.16. The van der Waals surface area contributed by atoms with Crippen LogP contribution in [-0.2, 0) is 10.1 Å². The molecule has 0 heterocycles. The third-order valence-electron chi connectivity index (χ3n) is 2.20. The van der Waals surface area contributed by atoms with Gasteiger partial charge in [-0.3, -0.25) is 4.55 Å². The minimum absolute atomic E-state index is 0.00352. The predicted octanol–water partition coefficient (Wildman–Crippen LogP) is 2.02. The number of hydrogen-bond donors (Lipinski definition) is 1. The van der Waals surface area contributed by atoms with Gasteiger partial charge in [-0.25, -0.2) is 0 Å². The van der Waals surface area contributed by atoms with Gasteiger partial charge in [0, 0.05) is 5.56 Å². The summed E-state index contributed by atoms with van der Waals surface area (Å²) in [6.07, 6.45) is 1.34. The number of fused-ring (bicyclic) bond motifs is 1. The third-order valence-corrected chi connectivity index (χ3v) is 4.18. The van der Waals surface area contributed by atoms with Crippen LogP contribution in [0.4, 0.5) is 0 Å². The molecule has 1 aliphatic carbocycles. The van der Waals surface area contributed by atoms with Gasteiger partial charge in [0.15, 0.2) is 0 Å². The van der Waals surface area contributed by atoms with E-state index in [1.807, 2.05) is 0 Å². The first-order valence-corrected chi connectivity index (χ1v) is 6.54. The minimum Gasteiger partial charge on any atom is -0.282 e. The molecule has 6 heteroatoms. The lowest BCUT2D eigenvalue weighted by molar-refractivity contribution is 0.493. The molecule has 0 unspecified atom stereocenters. The Balaban J connectivity index is 2.75. The first-order valence-electron chi connectivity index (χ1n) is 4.28. The Kier molecular flexibility index (Phi) is 2.75. The molecule has 2 rings (SSSR count). The Bertz CT molecular complexity index is 626. The van der Waals surface area contributed by atoms with Crippen molar-refractivity contribution in [2.45, 2.75) is 0 Å². The molecule has 1 aliphatic rings. The molecule has 16 heavy (non-hydrogen) atoms. The zero-order valence-electron chi connectivity index (χ0n) is 7.88. The Morgan fingerprint density at radius 1 is 1.06 bits per heavy atom. The van der Waals surface area contributed by atoms with Crippen molar-refractivity contribution >= 4 is 50.4 Å². The van der Waals surface area contributed by atoms with Crippen LogP contribution in [0, 0.1) is 0 Å². The molecule has 1 aromatic carbocycles. The molecule has 1 aromatic rings. The highest BCUT2D eigenvalue weighted by atomic mass is 32.2. The molecular weight excluding hydrogens is 264 g/mol. The van der Waals surface area contributed by atoms with Crippen LogP contribution in [0.15, 0.2) is 29.2 Å². The van der Waals surface area contributed by atoms with Crippen molar-refractivity contribution in [3.63, 3.8) is 0 Å². The molecule has 0 amide bonds. The van der Waals surface area contributed by atoms with Gasteiger partial charge in [0.2, 0.25) is 0 Å². The number of thiocarbonyl (C=S) groups is 2. The van der Waals surface area contributed by atoms with E-state index in [0.29, 0.717) is 5.56 Å². The van der Waals surface area contributed by atoms with Gasteiger partial charge < -0.3 is 0 Å². The zero-order chi connectivity index (χ0) is 11.9. The molecule has 0 saturated carbocycles. The molecule has 0 aliphatic heterocycles. The van der Waals surface area contributed by atoms with Gasteiger partial charge in [-0.05, 0) is 11.6 Å². The van der Waals surface area contributed by atoms with E-state index in [9.17, 15) is 8.42 Å². The maximum Gasteiger partial charge on any atom is 0.296 e. The van der Waals surface area contributed by atoms with E-state index < -0.39 is 10.1 Å². The molecule has 0 radical (unpaired) electrons. The van der Waals surface area contributed by atoms with E-state index in [-0.39, 0.29) is 14.6 Å². The fourth-order valence-electron chi connectivity index (χ4n) is 1.46. The van der Waals surface area contributed by atoms with Crippen molar-refractivity contribution < 1.29 is 13.0 Å². The predicted molar refractivity (Wildman–Crippen MR) is 70.3 cm³/mol. The largest absolute Gasteiger partial charge is 0.296 e. The molecule has 0 bridgehead atoms. The van der Waals surface area contributed by atoms with Crippen LogP contribution in [0.25, 0.3) is 6.08 Å². The van der Waals surface area contributed by atoms with E-state index in [4.69, 9.17) is 29.0 Å². The van der Waals surface area contributed by atoms with E-state index in [1.165, 1.54) is 6.08 Å². The fourth-order valence-corrected chi connectivity index (χ4v) is 2.92. The number of rotatable bonds is 1. The van der Waals surface area contributed by atoms with Crippen molar-refractivity contribution in [1.82, 2.24) is 0 Å². The van der Waals surface area contributed by atoms with E-state index >= 15 is 0 Å². The summed E-state index contributed by atoms with van der Waals surface area (Å²) >= 11 is 10.00. The normalized spacial score (nSPS) is 15.7. The highest BCUT2D eigenvalue weighted by molar-refractivity contribution is 7.97. The van der Waals surface area contributed by atoms with Crippen LogP contribution >= 0.6 is 24.4 Å². The van der Waals surface area contributed by atoms with Gasteiger partial charge >= 0.3 is 0 Å². The van der Waals surface area contributed by atoms with Crippen LogP contribution in [0.3, 0.4) is 0 Å². The second-order valence-corrected chi connectivity index (χ2v) is 5.44. The van der Waals surface area contributed by atoms with Gasteiger partial charge in [-0.15, -0.1) is 0 Å². The molecular formula is C10H6O3S3. The lowest BCUT2D eigenvalue weighted by atomic mass is 9.97. The SMILES string of the molecule is O=S(=O)(O)C1=Cc2ccccc2C(=S)C1=S. The van der Waals surface area contributed by atoms with E-state index in [1.54, 1.807) is 24.3 Å². The standard InChI is InChI=1S/C10H6O3S3/c11-16(12,13)8-5-6-3-1-2-4-7(6)9(14)10(8)15/h1-5H,(H,11,12,13). The summed E-state index contributed by atoms with van der Waals surface area (Å²) in [4.78, 5) is -0.0249. The van der Waals surface area contributed by atoms with Crippen molar-refractivity contribution in [1.29, 1.82) is 0 Å². The summed E-state index contributed by atoms with van der Waals surface area (Å²) in [5.41, 5.74) is 1.36. The molecule has 0 atom stereocenters. The van der Waals surface area contributed by atoms with Crippen LogP contribution in [0.1, 0.15) is 11.1 Å². The Labute approximate surface area is 104 Å². The number of hydrogen-bond acceptors (Lipinski definition) is 4. The first kappa shape index (κ1) is 11.5. The summed E-state index contributed by atoms with van der Waals surface area (Å²) in [6.45, 7) is 0. The van der Waals surface area contributed by atoms with Gasteiger partial charge in [-0.2, -0.15) is 8.42 Å². The Morgan fingerprint density at radius 3 is 2.31 bits per heavy atom. The van der Waals surface area contributed by atoms with E-state index in [2.05, 4.69) is 0 Å². The summed E-state index contributed by atoms with van der Waals surface area (Å²) in [5.74, 6) is 0. The van der Waals surface area contributed by atoms with Crippen LogP contribution < -0.4 is 0 Å². The Morgan fingerprint density at radius 2 is 1.69 bits per heavy atom. The smallest absolute Gasteiger partial charge is 0.282 e. The second-order valence-electron chi connectivity index (χ2n) is 3.23. The summed E-state index contributed by atoms with van der Waals surface area (Å²) in [5, 5.41) is 0. The summed E-state index contributed by atoms with van der Waals surface area (Å²) in [6, 6.07) is 7.03. The van der Waals surface area contributed by atoms with Gasteiger partial charge in [0.25, 0.3) is 10.1 Å². The fraction of sp³-hybridized carbons (Fsp3) is 0. The molecule has 82 valence electrons. The minimum atomic E-state index is -4.32. The van der Waals surface area contributed by atoms with Crippen molar-refractivity contribution in [2.75, 3.05) is 0 Å². The maximum atomic E-state index is 11.1. The third kappa shape index (κ3) is 1.84. The van der Waals surface area contributed by atoms with Gasteiger partial charge in [0.05, 0.1) is 9.73 Å². The Hall–Kier alpha value is -0.950. The molecule has 1 N–H and O–H groups in total. The lowest BCUT2D eigenvalue weighted by Crippen LogP contribution is -2.23. The van der Waals surface area contributed by atoms with Crippen molar-refractivity contribution in [3.05, 3.63) is 40.3 Å². The summed E-state index contributed by atoms with van der Waals surface area (Å²) in [7, 11) is -4.32. The van der Waals surface area contributed by atoms with Crippen molar-refractivity contribution in [3.8, 4) is 0 Å². The average molecular weight is 270 g/mol. The van der Waals surface area contributed by atoms with Crippen molar-refractivity contribution in [2.24, 2.45) is 0 Å². The van der Waals surface area contributed by atoms with Gasteiger partial charge in [0.1, 0.15) is 4.91 Å². The topological polar surface area (TPSA) is 54.4 Å². The highest BCUT2D eigenvalue weighted by Gasteiger charge is 2.27. The number of allylic oxidation sites excluding steroid dienone is 1. The monoisotopic (exact) mass is 270 g/mol. The molecule has 0 aromatic heterocycles. The quantitative estimate of drug-likeness (QED) is 0.625. The average Bonchev–Trinajstić information content (AvgIpc) is 2.22. The molecule has 0 fully saturated rings.